The molecule has 0 spiro atoms. The number of nitrogens with zero attached hydrogens (tertiary/aromatic N) is 2. The highest BCUT2D eigenvalue weighted by Crippen LogP contribution is 2.27. The molecule has 1 aromatic heterocycles. The van der Waals surface area contributed by atoms with Crippen molar-refractivity contribution in [2.75, 3.05) is 18.6 Å². The summed E-state index contributed by atoms with van der Waals surface area (Å²) in [6.07, 6.45) is 4.50. The second-order valence-corrected chi connectivity index (χ2v) is 6.86. The van der Waals surface area contributed by atoms with Gasteiger partial charge in [-0.25, -0.2) is 0 Å². The Labute approximate surface area is 110 Å². The molecule has 0 amide bonds. The maximum atomic E-state index is 4.14. The van der Waals surface area contributed by atoms with Gasteiger partial charge in [-0.2, -0.15) is 0 Å². The quantitative estimate of drug-likeness (QED) is 0.584. The van der Waals surface area contributed by atoms with E-state index < -0.39 is 0 Å². The summed E-state index contributed by atoms with van der Waals surface area (Å²) >= 11 is 5.17. The Hall–Kier alpha value is 0.220. The Morgan fingerprint density at radius 2 is 2.12 bits per heavy atom. The predicted octanol–water partition coefficient (Wildman–Crippen LogP) is 3.13. The molecule has 1 rings (SSSR count). The van der Waals surface area contributed by atoms with E-state index in [2.05, 4.69) is 29.4 Å². The van der Waals surface area contributed by atoms with Crippen molar-refractivity contribution in [3.8, 4) is 0 Å². The molecule has 0 aliphatic heterocycles. The number of aromatic nitrogens is 2. The molecule has 1 aromatic rings. The molecular formula is C10H19N3S3. The fourth-order valence-electron chi connectivity index (χ4n) is 1.34. The van der Waals surface area contributed by atoms with Gasteiger partial charge in [-0.1, -0.05) is 41.8 Å². The maximum absolute atomic E-state index is 4.14. The molecule has 0 fully saturated rings. The Morgan fingerprint density at radius 3 is 2.75 bits per heavy atom. The van der Waals surface area contributed by atoms with Crippen LogP contribution in [0.3, 0.4) is 0 Å². The minimum atomic E-state index is 0.627. The van der Waals surface area contributed by atoms with Crippen LogP contribution in [0.4, 0.5) is 0 Å². The zero-order chi connectivity index (χ0) is 11.8. The van der Waals surface area contributed by atoms with Crippen LogP contribution in [-0.2, 0) is 0 Å². The molecule has 6 heteroatoms. The lowest BCUT2D eigenvalue weighted by molar-refractivity contribution is 0.526. The molecule has 0 saturated heterocycles. The number of thioether (sulfide) groups is 2. The van der Waals surface area contributed by atoms with E-state index in [4.69, 9.17) is 0 Å². The van der Waals surface area contributed by atoms with Crippen molar-refractivity contribution in [2.24, 2.45) is 0 Å². The van der Waals surface area contributed by atoms with Crippen molar-refractivity contribution < 1.29 is 0 Å². The largest absolute Gasteiger partial charge is 0.315 e. The van der Waals surface area contributed by atoms with E-state index in [0.717, 1.165) is 21.0 Å². The molecule has 0 aromatic carbocycles. The first-order valence-corrected chi connectivity index (χ1v) is 8.52. The van der Waals surface area contributed by atoms with Gasteiger partial charge in [-0.05, 0) is 32.6 Å². The normalized spacial score (nSPS) is 12.9. The lowest BCUT2D eigenvalue weighted by Gasteiger charge is -2.10. The van der Waals surface area contributed by atoms with Gasteiger partial charge >= 0.3 is 0 Å². The summed E-state index contributed by atoms with van der Waals surface area (Å²) in [7, 11) is 0. The van der Waals surface area contributed by atoms with Gasteiger partial charge in [-0.3, -0.25) is 0 Å². The van der Waals surface area contributed by atoms with Crippen molar-refractivity contribution in [3.63, 3.8) is 0 Å². The minimum absolute atomic E-state index is 0.627. The molecule has 92 valence electrons. The average molecular weight is 277 g/mol. The number of hydrogen-bond acceptors (Lipinski definition) is 6. The highest BCUT2D eigenvalue weighted by atomic mass is 32.2. The highest BCUT2D eigenvalue weighted by Gasteiger charge is 2.04. The van der Waals surface area contributed by atoms with Crippen molar-refractivity contribution in [2.45, 2.75) is 41.4 Å². The molecule has 0 saturated carbocycles. The third-order valence-electron chi connectivity index (χ3n) is 2.12. The van der Waals surface area contributed by atoms with Gasteiger partial charge in [-0.15, -0.1) is 10.2 Å². The lowest BCUT2D eigenvalue weighted by Crippen LogP contribution is -2.25. The van der Waals surface area contributed by atoms with Crippen molar-refractivity contribution in [1.82, 2.24) is 15.5 Å². The third kappa shape index (κ3) is 5.52. The smallest absolute Gasteiger partial charge is 0.175 e. The van der Waals surface area contributed by atoms with Crippen LogP contribution in [0.1, 0.15) is 26.7 Å². The van der Waals surface area contributed by atoms with E-state index >= 15 is 0 Å². The van der Waals surface area contributed by atoms with Crippen LogP contribution in [0.5, 0.6) is 0 Å². The van der Waals surface area contributed by atoms with E-state index in [1.165, 1.54) is 12.8 Å². The van der Waals surface area contributed by atoms with E-state index in [1.807, 2.05) is 18.0 Å². The first-order chi connectivity index (χ1) is 7.76. The number of rotatable bonds is 8. The van der Waals surface area contributed by atoms with Crippen molar-refractivity contribution in [1.29, 1.82) is 0 Å². The molecule has 1 heterocycles. The van der Waals surface area contributed by atoms with Crippen molar-refractivity contribution >= 4 is 34.9 Å². The van der Waals surface area contributed by atoms with Gasteiger partial charge in [0.15, 0.2) is 8.68 Å². The molecule has 0 aliphatic carbocycles. The summed E-state index contributed by atoms with van der Waals surface area (Å²) in [5.41, 5.74) is 0. The van der Waals surface area contributed by atoms with E-state index in [1.54, 1.807) is 23.1 Å². The molecule has 1 N–H and O–H groups in total. The van der Waals surface area contributed by atoms with Crippen LogP contribution in [0.25, 0.3) is 0 Å². The van der Waals surface area contributed by atoms with Gasteiger partial charge < -0.3 is 5.32 Å². The molecule has 3 nitrogen and oxygen atoms in total. The zero-order valence-corrected chi connectivity index (χ0v) is 12.5. The highest BCUT2D eigenvalue weighted by molar-refractivity contribution is 8.02. The van der Waals surface area contributed by atoms with Gasteiger partial charge in [0.2, 0.25) is 0 Å². The topological polar surface area (TPSA) is 37.8 Å². The Bertz CT molecular complexity index is 291. The standard InChI is InChI=1S/C10H19N3S3/c1-4-11-8(2)6-5-7-15-10-13-12-9(14-3)16-10/h8,11H,4-7H2,1-3H3. The van der Waals surface area contributed by atoms with Crippen molar-refractivity contribution in [3.05, 3.63) is 0 Å². The van der Waals surface area contributed by atoms with Crippen LogP contribution in [0.2, 0.25) is 0 Å². The molecule has 1 unspecified atom stereocenters. The summed E-state index contributed by atoms with van der Waals surface area (Å²) in [5.74, 6) is 1.14. The van der Waals surface area contributed by atoms with Crippen LogP contribution in [0.15, 0.2) is 8.68 Å². The summed E-state index contributed by atoms with van der Waals surface area (Å²) in [6.45, 7) is 5.45. The van der Waals surface area contributed by atoms with E-state index in [9.17, 15) is 0 Å². The monoisotopic (exact) mass is 277 g/mol. The maximum Gasteiger partial charge on any atom is 0.175 e. The first kappa shape index (κ1) is 14.3. The molecule has 0 radical (unpaired) electrons. The summed E-state index contributed by atoms with van der Waals surface area (Å²) in [4.78, 5) is 0. The van der Waals surface area contributed by atoms with Gasteiger partial charge in [0, 0.05) is 11.8 Å². The second-order valence-electron chi connectivity index (χ2n) is 3.49. The number of nitrogens with one attached hydrogen (secondary N) is 1. The fourth-order valence-corrected chi connectivity index (χ4v) is 3.81. The molecule has 1 atom stereocenters. The lowest BCUT2D eigenvalue weighted by atomic mass is 10.2. The van der Waals surface area contributed by atoms with Gasteiger partial charge in [0.05, 0.1) is 0 Å². The summed E-state index contributed by atoms with van der Waals surface area (Å²) in [6, 6.07) is 0.627. The van der Waals surface area contributed by atoms with E-state index in [0.29, 0.717) is 6.04 Å². The Morgan fingerprint density at radius 1 is 1.38 bits per heavy atom. The average Bonchev–Trinajstić information content (AvgIpc) is 2.73. The number of hydrogen-bond donors (Lipinski definition) is 1. The second kappa shape index (κ2) is 8.33. The van der Waals surface area contributed by atoms with Crippen LogP contribution in [-0.4, -0.2) is 34.8 Å². The van der Waals surface area contributed by atoms with Gasteiger partial charge in [0.1, 0.15) is 0 Å². The SMILES string of the molecule is CCNC(C)CCCSc1nnc(SC)s1. The first-order valence-electron chi connectivity index (χ1n) is 5.50. The molecular weight excluding hydrogens is 258 g/mol. The Kier molecular flexibility index (Phi) is 7.44. The van der Waals surface area contributed by atoms with Crippen LogP contribution < -0.4 is 5.32 Å². The Balaban J connectivity index is 2.11. The molecule has 16 heavy (non-hydrogen) atoms. The van der Waals surface area contributed by atoms with E-state index in [-0.39, 0.29) is 0 Å². The summed E-state index contributed by atoms with van der Waals surface area (Å²) in [5, 5.41) is 11.6. The zero-order valence-electron chi connectivity index (χ0n) is 10.0. The van der Waals surface area contributed by atoms with Gasteiger partial charge in [0.25, 0.3) is 0 Å². The van der Waals surface area contributed by atoms with Crippen LogP contribution in [0, 0.1) is 0 Å². The minimum Gasteiger partial charge on any atom is -0.315 e. The third-order valence-corrected chi connectivity index (χ3v) is 5.24. The van der Waals surface area contributed by atoms with Crippen LogP contribution >= 0.6 is 34.9 Å². The molecule has 0 bridgehead atoms. The summed E-state index contributed by atoms with van der Waals surface area (Å²) < 4.78 is 2.16. The fraction of sp³-hybridized carbons (Fsp3) is 0.800. The predicted molar refractivity (Wildman–Crippen MR) is 74.8 cm³/mol. The molecule has 0 aliphatic rings.